The molecule has 2 atom stereocenters. The van der Waals surface area contributed by atoms with Crippen LogP contribution in [0.4, 0.5) is 15.9 Å². The van der Waals surface area contributed by atoms with Crippen molar-refractivity contribution in [3.8, 4) is 0 Å². The topological polar surface area (TPSA) is 112 Å². The van der Waals surface area contributed by atoms with Gasteiger partial charge in [0.2, 0.25) is 0 Å². The quantitative estimate of drug-likeness (QED) is 0.652. The van der Waals surface area contributed by atoms with Crippen LogP contribution in [0.5, 0.6) is 0 Å². The lowest BCUT2D eigenvalue weighted by molar-refractivity contribution is 0.0145. The molecule has 1 saturated heterocycles. The van der Waals surface area contributed by atoms with Gasteiger partial charge < -0.3 is 25.5 Å². The molecule has 4 N–H and O–H groups in total. The number of benzene rings is 1. The summed E-state index contributed by atoms with van der Waals surface area (Å²) in [6.45, 7) is 4.29. The van der Waals surface area contributed by atoms with Crippen molar-refractivity contribution in [1.82, 2.24) is 9.78 Å². The molecule has 4 rings (SSSR count). The maximum absolute atomic E-state index is 14.3. The Labute approximate surface area is 161 Å². The smallest absolute Gasteiger partial charge is 0.423 e. The van der Waals surface area contributed by atoms with Crippen LogP contribution in [-0.4, -0.2) is 41.0 Å². The van der Waals surface area contributed by atoms with Gasteiger partial charge in [-0.1, -0.05) is 6.92 Å². The first-order valence-electron chi connectivity index (χ1n) is 9.26. The number of aromatic nitrogens is 2. The lowest BCUT2D eigenvalue weighted by atomic mass is 9.79. The van der Waals surface area contributed by atoms with Crippen LogP contribution in [0.25, 0.3) is 0 Å². The van der Waals surface area contributed by atoms with E-state index in [9.17, 15) is 14.2 Å². The normalized spacial score (nSPS) is 21.6. The molecule has 1 amide bonds. The summed E-state index contributed by atoms with van der Waals surface area (Å²) < 4.78 is 26.6. The highest BCUT2D eigenvalue weighted by Gasteiger charge is 2.31. The van der Waals surface area contributed by atoms with E-state index in [0.29, 0.717) is 36.2 Å². The number of primary amides is 1. The van der Waals surface area contributed by atoms with Crippen molar-refractivity contribution in [2.45, 2.75) is 26.5 Å². The number of ether oxygens (including phenoxy) is 1. The molecule has 2 aliphatic rings. The highest BCUT2D eigenvalue weighted by atomic mass is 19.1. The predicted molar refractivity (Wildman–Crippen MR) is 101 cm³/mol. The Kier molecular flexibility index (Phi) is 5.09. The van der Waals surface area contributed by atoms with Crippen molar-refractivity contribution in [2.24, 2.45) is 17.6 Å². The van der Waals surface area contributed by atoms with Gasteiger partial charge in [0.25, 0.3) is 5.91 Å². The Morgan fingerprint density at radius 3 is 3.11 bits per heavy atom. The fraction of sp³-hybridized carbons (Fsp3) is 0.444. The SMILES string of the molecule is C[C@H]1CCOCC1Cn1cc(C(N)=O)c(Nc2cc(F)c3c(c2)COB3O)n1. The molecule has 28 heavy (non-hydrogen) atoms. The molecule has 10 heteroatoms. The summed E-state index contributed by atoms with van der Waals surface area (Å²) in [5.41, 5.74) is 6.80. The van der Waals surface area contributed by atoms with Crippen LogP contribution in [0.3, 0.4) is 0 Å². The molecule has 2 aromatic rings. The van der Waals surface area contributed by atoms with E-state index in [-0.39, 0.29) is 23.5 Å². The van der Waals surface area contributed by atoms with Crippen molar-refractivity contribution in [1.29, 1.82) is 0 Å². The number of carbonyl (C=O) groups excluding carboxylic acids is 1. The molecule has 148 valence electrons. The maximum Gasteiger partial charge on any atom is 0.494 e. The average Bonchev–Trinajstić information content (AvgIpc) is 3.21. The summed E-state index contributed by atoms with van der Waals surface area (Å²) in [6.07, 6.45) is 2.59. The molecule has 1 aromatic heterocycles. The minimum Gasteiger partial charge on any atom is -0.423 e. The molecular formula is C18H22BFN4O4. The van der Waals surface area contributed by atoms with Crippen molar-refractivity contribution < 1.29 is 23.6 Å². The summed E-state index contributed by atoms with van der Waals surface area (Å²) in [7, 11) is -1.26. The van der Waals surface area contributed by atoms with Crippen molar-refractivity contribution in [3.05, 3.63) is 35.3 Å². The minimum atomic E-state index is -1.26. The van der Waals surface area contributed by atoms with Gasteiger partial charge in [-0.25, -0.2) is 4.39 Å². The Balaban J connectivity index is 1.58. The van der Waals surface area contributed by atoms with E-state index in [0.717, 1.165) is 13.0 Å². The molecule has 8 nitrogen and oxygen atoms in total. The van der Waals surface area contributed by atoms with E-state index in [1.54, 1.807) is 16.9 Å². The van der Waals surface area contributed by atoms with E-state index in [4.69, 9.17) is 15.1 Å². The van der Waals surface area contributed by atoms with E-state index in [2.05, 4.69) is 17.3 Å². The summed E-state index contributed by atoms with van der Waals surface area (Å²) in [4.78, 5) is 11.9. The Bertz CT molecular complexity index is 906. The van der Waals surface area contributed by atoms with Gasteiger partial charge >= 0.3 is 7.12 Å². The number of rotatable bonds is 5. The van der Waals surface area contributed by atoms with Gasteiger partial charge in [0, 0.05) is 36.4 Å². The first kappa shape index (κ1) is 18.9. The van der Waals surface area contributed by atoms with Crippen LogP contribution in [0.2, 0.25) is 0 Å². The number of fused-ring (bicyclic) bond motifs is 1. The average molecular weight is 388 g/mol. The van der Waals surface area contributed by atoms with Gasteiger partial charge in [-0.15, -0.1) is 0 Å². The number of anilines is 2. The number of nitrogens with zero attached hydrogens (tertiary/aromatic N) is 2. The molecule has 1 aromatic carbocycles. The van der Waals surface area contributed by atoms with Gasteiger partial charge in [-0.3, -0.25) is 9.48 Å². The summed E-state index contributed by atoms with van der Waals surface area (Å²) in [6, 6.07) is 2.90. The van der Waals surface area contributed by atoms with Crippen molar-refractivity contribution in [2.75, 3.05) is 18.5 Å². The predicted octanol–water partition coefficient (Wildman–Crippen LogP) is 0.755. The van der Waals surface area contributed by atoms with Crippen LogP contribution in [-0.2, 0) is 22.5 Å². The molecule has 1 unspecified atom stereocenters. The number of amides is 1. The second-order valence-corrected chi connectivity index (χ2v) is 7.40. The second-order valence-electron chi connectivity index (χ2n) is 7.40. The lowest BCUT2D eigenvalue weighted by Gasteiger charge is -2.28. The zero-order chi connectivity index (χ0) is 19.8. The third-order valence-electron chi connectivity index (χ3n) is 5.42. The minimum absolute atomic E-state index is 0.111. The standard InChI is InChI=1S/C18H22BFN4O4/c1-10-2-3-27-8-12(10)6-24-7-14(17(21)25)18(23-24)22-13-4-11-9-28-19(26)16(11)15(20)5-13/h4-5,7,10,12,26H,2-3,6,8-9H2,1H3,(H2,21,25)(H,22,23)/t10-,12?/m0/s1. The third-order valence-corrected chi connectivity index (χ3v) is 5.42. The Morgan fingerprint density at radius 1 is 1.54 bits per heavy atom. The lowest BCUT2D eigenvalue weighted by Crippen LogP contribution is -2.31. The fourth-order valence-electron chi connectivity index (χ4n) is 3.70. The van der Waals surface area contributed by atoms with E-state index < -0.39 is 18.8 Å². The zero-order valence-corrected chi connectivity index (χ0v) is 15.5. The molecular weight excluding hydrogens is 366 g/mol. The monoisotopic (exact) mass is 388 g/mol. The molecule has 1 fully saturated rings. The Morgan fingerprint density at radius 2 is 2.36 bits per heavy atom. The molecule has 0 aliphatic carbocycles. The number of hydrogen-bond acceptors (Lipinski definition) is 6. The molecule has 3 heterocycles. The van der Waals surface area contributed by atoms with Crippen LogP contribution in [0.15, 0.2) is 18.3 Å². The van der Waals surface area contributed by atoms with Crippen LogP contribution in [0, 0.1) is 17.7 Å². The number of hydrogen-bond donors (Lipinski definition) is 3. The van der Waals surface area contributed by atoms with Gasteiger partial charge in [0.15, 0.2) is 5.82 Å². The summed E-state index contributed by atoms with van der Waals surface area (Å²) in [5.74, 6) is -0.169. The first-order chi connectivity index (χ1) is 13.4. The summed E-state index contributed by atoms with van der Waals surface area (Å²) >= 11 is 0. The van der Waals surface area contributed by atoms with Crippen LogP contribution in [0.1, 0.15) is 29.3 Å². The molecule has 0 saturated carbocycles. The fourth-order valence-corrected chi connectivity index (χ4v) is 3.70. The Hall–Kier alpha value is -2.43. The van der Waals surface area contributed by atoms with Gasteiger partial charge in [0.05, 0.1) is 13.2 Å². The molecule has 0 bridgehead atoms. The largest absolute Gasteiger partial charge is 0.494 e. The molecule has 2 aliphatic heterocycles. The van der Waals surface area contributed by atoms with Crippen molar-refractivity contribution in [3.63, 3.8) is 0 Å². The summed E-state index contributed by atoms with van der Waals surface area (Å²) in [5, 5.41) is 17.1. The zero-order valence-electron chi connectivity index (χ0n) is 15.5. The van der Waals surface area contributed by atoms with E-state index in [1.807, 2.05) is 0 Å². The highest BCUT2D eigenvalue weighted by molar-refractivity contribution is 6.61. The van der Waals surface area contributed by atoms with Gasteiger partial charge in [-0.05, 0) is 30.0 Å². The first-order valence-corrected chi connectivity index (χ1v) is 9.26. The number of nitrogens with one attached hydrogen (secondary N) is 1. The second kappa shape index (κ2) is 7.54. The highest BCUT2D eigenvalue weighted by Crippen LogP contribution is 2.26. The van der Waals surface area contributed by atoms with Crippen molar-refractivity contribution >= 4 is 30.0 Å². The van der Waals surface area contributed by atoms with E-state index >= 15 is 0 Å². The molecule has 0 spiro atoms. The van der Waals surface area contributed by atoms with Crippen LogP contribution < -0.4 is 16.5 Å². The molecule has 0 radical (unpaired) electrons. The third kappa shape index (κ3) is 3.62. The maximum atomic E-state index is 14.3. The number of carbonyl (C=O) groups is 1. The number of halogens is 1. The van der Waals surface area contributed by atoms with Crippen LogP contribution >= 0.6 is 0 Å². The number of nitrogens with two attached hydrogens (primary N) is 1. The van der Waals surface area contributed by atoms with Gasteiger partial charge in [0.1, 0.15) is 11.4 Å². The van der Waals surface area contributed by atoms with Gasteiger partial charge in [-0.2, -0.15) is 5.10 Å². The van der Waals surface area contributed by atoms with E-state index in [1.165, 1.54) is 6.07 Å².